The molecule has 0 unspecified atom stereocenters. The summed E-state index contributed by atoms with van der Waals surface area (Å²) in [4.78, 5) is 20.8. The van der Waals surface area contributed by atoms with Gasteiger partial charge >= 0.3 is 6.03 Å². The number of nitrogens with zero attached hydrogens (tertiary/aromatic N) is 3. The third kappa shape index (κ3) is 7.61. The molecule has 0 atom stereocenters. The number of likely N-dealkylation sites (N-methyl/N-ethyl adjacent to an activating group) is 2. The van der Waals surface area contributed by atoms with Gasteiger partial charge in [0, 0.05) is 43.9 Å². The second-order valence-electron chi connectivity index (χ2n) is 8.38. The Balaban J connectivity index is 1.61. The summed E-state index contributed by atoms with van der Waals surface area (Å²) in [6.45, 7) is 1.91. The van der Waals surface area contributed by atoms with Crippen molar-refractivity contribution in [2.45, 2.75) is 6.42 Å². The standard InChI is InChI=1S/C27H34N4O4/c1-30(2)15-16-31(3)27(32)28-22-9-6-8-21(19-22)23-10-7-11-26(29-23)35-17-14-20-12-13-24(33-4)25(18-20)34-5/h6-13,18-19H,14-17H2,1-5H3,(H,28,32). The number of urea groups is 1. The van der Waals surface area contributed by atoms with Crippen LogP contribution in [0.15, 0.2) is 60.7 Å². The smallest absolute Gasteiger partial charge is 0.321 e. The molecule has 2 aromatic carbocycles. The average molecular weight is 479 g/mol. The Bertz CT molecular complexity index is 1120. The van der Waals surface area contributed by atoms with E-state index >= 15 is 0 Å². The lowest BCUT2D eigenvalue weighted by Crippen LogP contribution is -2.36. The van der Waals surface area contributed by atoms with Crippen molar-refractivity contribution in [1.29, 1.82) is 0 Å². The van der Waals surface area contributed by atoms with Gasteiger partial charge in [0.25, 0.3) is 0 Å². The summed E-state index contributed by atoms with van der Waals surface area (Å²) in [6, 6.07) is 19.0. The molecule has 3 rings (SSSR count). The normalized spacial score (nSPS) is 10.7. The summed E-state index contributed by atoms with van der Waals surface area (Å²) in [5.74, 6) is 1.94. The van der Waals surface area contributed by atoms with Crippen molar-refractivity contribution < 1.29 is 19.0 Å². The second-order valence-corrected chi connectivity index (χ2v) is 8.38. The Kier molecular flexibility index (Phi) is 9.31. The van der Waals surface area contributed by atoms with Gasteiger partial charge in [-0.1, -0.05) is 24.3 Å². The zero-order chi connectivity index (χ0) is 25.2. The van der Waals surface area contributed by atoms with Crippen LogP contribution >= 0.6 is 0 Å². The topological polar surface area (TPSA) is 76.2 Å². The van der Waals surface area contributed by atoms with Gasteiger partial charge in [-0.25, -0.2) is 9.78 Å². The average Bonchev–Trinajstić information content (AvgIpc) is 2.87. The molecular weight excluding hydrogens is 444 g/mol. The monoisotopic (exact) mass is 478 g/mol. The number of carbonyl (C=O) groups is 1. The van der Waals surface area contributed by atoms with Crippen molar-refractivity contribution >= 4 is 11.7 Å². The number of benzene rings is 2. The van der Waals surface area contributed by atoms with Gasteiger partial charge in [0.05, 0.1) is 26.5 Å². The van der Waals surface area contributed by atoms with Crippen LogP contribution in [0.4, 0.5) is 10.5 Å². The molecule has 8 nitrogen and oxygen atoms in total. The summed E-state index contributed by atoms with van der Waals surface area (Å²) >= 11 is 0. The maximum atomic E-state index is 12.5. The van der Waals surface area contributed by atoms with Crippen molar-refractivity contribution in [3.05, 3.63) is 66.2 Å². The van der Waals surface area contributed by atoms with Crippen LogP contribution in [0, 0.1) is 0 Å². The molecule has 0 fully saturated rings. The number of methoxy groups -OCH3 is 2. The van der Waals surface area contributed by atoms with E-state index in [0.29, 0.717) is 42.6 Å². The maximum Gasteiger partial charge on any atom is 0.321 e. The third-order valence-electron chi connectivity index (χ3n) is 5.45. The van der Waals surface area contributed by atoms with Crippen molar-refractivity contribution in [1.82, 2.24) is 14.8 Å². The van der Waals surface area contributed by atoms with Crippen LogP contribution in [0.2, 0.25) is 0 Å². The van der Waals surface area contributed by atoms with Gasteiger partial charge in [-0.3, -0.25) is 0 Å². The zero-order valence-corrected chi connectivity index (χ0v) is 21.1. The SMILES string of the molecule is COc1ccc(CCOc2cccc(-c3cccc(NC(=O)N(C)CCN(C)C)c3)n2)cc1OC. The fraction of sp³-hybridized carbons (Fsp3) is 0.333. The molecule has 0 bridgehead atoms. The van der Waals surface area contributed by atoms with Crippen molar-refractivity contribution in [3.63, 3.8) is 0 Å². The quantitative estimate of drug-likeness (QED) is 0.440. The van der Waals surface area contributed by atoms with Crippen LogP contribution in [0.3, 0.4) is 0 Å². The Morgan fingerprint density at radius 3 is 2.43 bits per heavy atom. The minimum absolute atomic E-state index is 0.149. The van der Waals surface area contributed by atoms with Crippen molar-refractivity contribution in [2.75, 3.05) is 60.4 Å². The highest BCUT2D eigenvalue weighted by atomic mass is 16.5. The van der Waals surface area contributed by atoms with E-state index in [2.05, 4.69) is 10.3 Å². The first-order chi connectivity index (χ1) is 16.9. The highest BCUT2D eigenvalue weighted by Gasteiger charge is 2.10. The maximum absolute atomic E-state index is 12.5. The summed E-state index contributed by atoms with van der Waals surface area (Å²) in [6.07, 6.45) is 0.703. The van der Waals surface area contributed by atoms with E-state index in [4.69, 9.17) is 14.2 Å². The molecule has 35 heavy (non-hydrogen) atoms. The number of amides is 2. The number of pyridine rings is 1. The molecule has 0 saturated heterocycles. The lowest BCUT2D eigenvalue weighted by Gasteiger charge is -2.20. The Morgan fingerprint density at radius 1 is 0.914 bits per heavy atom. The molecule has 1 N–H and O–H groups in total. The van der Waals surface area contributed by atoms with Crippen LogP contribution in [-0.4, -0.2) is 75.9 Å². The number of aromatic nitrogens is 1. The second kappa shape index (κ2) is 12.6. The molecule has 0 spiro atoms. The molecule has 0 aliphatic carbocycles. The van der Waals surface area contributed by atoms with Gasteiger partial charge in [-0.15, -0.1) is 0 Å². The summed E-state index contributed by atoms with van der Waals surface area (Å²) < 4.78 is 16.6. The molecule has 8 heteroatoms. The first kappa shape index (κ1) is 25.8. The molecule has 0 saturated carbocycles. The molecular formula is C27H34N4O4. The van der Waals surface area contributed by atoms with Gasteiger partial charge in [-0.2, -0.15) is 0 Å². The molecule has 0 radical (unpaired) electrons. The van der Waals surface area contributed by atoms with Crippen LogP contribution in [0.1, 0.15) is 5.56 Å². The van der Waals surface area contributed by atoms with E-state index in [1.54, 1.807) is 26.2 Å². The largest absolute Gasteiger partial charge is 0.493 e. The molecule has 186 valence electrons. The van der Waals surface area contributed by atoms with Crippen molar-refractivity contribution in [3.8, 4) is 28.6 Å². The lowest BCUT2D eigenvalue weighted by atomic mass is 10.1. The molecule has 1 heterocycles. The van der Waals surface area contributed by atoms with Crippen LogP contribution in [0.25, 0.3) is 11.3 Å². The number of rotatable bonds is 11. The van der Waals surface area contributed by atoms with E-state index in [0.717, 1.165) is 23.4 Å². The van der Waals surface area contributed by atoms with Crippen molar-refractivity contribution in [2.24, 2.45) is 0 Å². The fourth-order valence-corrected chi connectivity index (χ4v) is 3.39. The van der Waals surface area contributed by atoms with Gasteiger partial charge in [0.1, 0.15) is 0 Å². The highest BCUT2D eigenvalue weighted by Crippen LogP contribution is 2.28. The van der Waals surface area contributed by atoms with Gasteiger partial charge in [-0.05, 0) is 50.0 Å². The van der Waals surface area contributed by atoms with Gasteiger partial charge < -0.3 is 29.3 Å². The molecule has 0 aliphatic rings. The third-order valence-corrected chi connectivity index (χ3v) is 5.45. The molecule has 3 aromatic rings. The number of anilines is 1. The predicted molar refractivity (Wildman–Crippen MR) is 139 cm³/mol. The number of hydrogen-bond donors (Lipinski definition) is 1. The Labute approximate surface area is 207 Å². The van der Waals surface area contributed by atoms with E-state index in [9.17, 15) is 4.79 Å². The fourth-order valence-electron chi connectivity index (χ4n) is 3.39. The minimum atomic E-state index is -0.149. The first-order valence-electron chi connectivity index (χ1n) is 11.5. The molecule has 1 aromatic heterocycles. The predicted octanol–water partition coefficient (Wildman–Crippen LogP) is 4.41. The van der Waals surface area contributed by atoms with E-state index in [1.807, 2.05) is 79.7 Å². The Morgan fingerprint density at radius 2 is 1.69 bits per heavy atom. The zero-order valence-electron chi connectivity index (χ0n) is 21.1. The van der Waals surface area contributed by atoms with E-state index in [-0.39, 0.29) is 6.03 Å². The molecule has 2 amide bonds. The summed E-state index contributed by atoms with van der Waals surface area (Å²) in [7, 11) is 8.99. The van der Waals surface area contributed by atoms with Crippen LogP contribution in [0.5, 0.6) is 17.4 Å². The summed E-state index contributed by atoms with van der Waals surface area (Å²) in [5, 5.41) is 2.95. The van der Waals surface area contributed by atoms with Crippen LogP contribution in [-0.2, 0) is 6.42 Å². The number of carbonyl (C=O) groups excluding carboxylic acids is 1. The Hall–Kier alpha value is -3.78. The van der Waals surface area contributed by atoms with E-state index < -0.39 is 0 Å². The highest BCUT2D eigenvalue weighted by molar-refractivity contribution is 5.90. The summed E-state index contributed by atoms with van der Waals surface area (Å²) in [5.41, 5.74) is 3.46. The number of ether oxygens (including phenoxy) is 3. The van der Waals surface area contributed by atoms with Crippen LogP contribution < -0.4 is 19.5 Å². The van der Waals surface area contributed by atoms with E-state index in [1.165, 1.54) is 0 Å². The number of nitrogens with one attached hydrogen (secondary N) is 1. The number of hydrogen-bond acceptors (Lipinski definition) is 6. The lowest BCUT2D eigenvalue weighted by molar-refractivity contribution is 0.217. The first-order valence-corrected chi connectivity index (χ1v) is 11.5. The van der Waals surface area contributed by atoms with Gasteiger partial charge in [0.2, 0.25) is 5.88 Å². The molecule has 0 aliphatic heterocycles. The van der Waals surface area contributed by atoms with Gasteiger partial charge in [0.15, 0.2) is 11.5 Å². The minimum Gasteiger partial charge on any atom is -0.493 e.